The molecule has 0 spiro atoms. The fraction of sp³-hybridized carbons (Fsp3) is 0.250. The lowest BCUT2D eigenvalue weighted by atomic mass is 10.1. The smallest absolute Gasteiger partial charge is 0.0595 e. The molecular weight excluding hydrogens is 277 g/mol. The van der Waals surface area contributed by atoms with Gasteiger partial charge in [-0.15, -0.1) is 0 Å². The molecule has 3 heteroatoms. The summed E-state index contributed by atoms with van der Waals surface area (Å²) in [7, 11) is 0. The highest BCUT2D eigenvalue weighted by Crippen LogP contribution is 2.22. The molecule has 0 fully saturated rings. The van der Waals surface area contributed by atoms with E-state index in [9.17, 15) is 0 Å². The Morgan fingerprint density at radius 2 is 1.37 bits per heavy atom. The summed E-state index contributed by atoms with van der Waals surface area (Å²) in [6.07, 6.45) is 1.08. The number of rotatable bonds is 5. The van der Waals surface area contributed by atoms with Crippen LogP contribution in [0.3, 0.4) is 0 Å². The van der Waals surface area contributed by atoms with Gasteiger partial charge < -0.3 is 5.32 Å². The summed E-state index contributed by atoms with van der Waals surface area (Å²) >= 11 is 11.9. The summed E-state index contributed by atoms with van der Waals surface area (Å²) in [6, 6.07) is 14.4. The van der Waals surface area contributed by atoms with Crippen LogP contribution in [0.1, 0.15) is 23.6 Å². The number of halogens is 2. The Morgan fingerprint density at radius 3 is 2.00 bits per heavy atom. The fourth-order valence-electron chi connectivity index (χ4n) is 1.89. The third-order valence-electron chi connectivity index (χ3n) is 3.07. The lowest BCUT2D eigenvalue weighted by Crippen LogP contribution is -2.12. The van der Waals surface area contributed by atoms with Gasteiger partial charge in [-0.2, -0.15) is 0 Å². The number of nitrogens with one attached hydrogen (secondary N) is 1. The van der Waals surface area contributed by atoms with E-state index < -0.39 is 0 Å². The molecule has 1 N–H and O–H groups in total. The average Bonchev–Trinajstić information content (AvgIpc) is 2.43. The maximum absolute atomic E-state index is 5.98. The van der Waals surface area contributed by atoms with Crippen molar-refractivity contribution in [2.45, 2.75) is 26.4 Å². The molecule has 0 saturated heterocycles. The topological polar surface area (TPSA) is 12.0 Å². The highest BCUT2D eigenvalue weighted by atomic mass is 35.5. The molecule has 0 aliphatic carbocycles. The summed E-state index contributed by atoms with van der Waals surface area (Å²) in [6.45, 7) is 3.80. The Kier molecular flexibility index (Phi) is 5.26. The first-order valence-corrected chi connectivity index (χ1v) is 7.17. The Balaban J connectivity index is 1.86. The molecule has 0 radical (unpaired) electrons. The van der Waals surface area contributed by atoms with Gasteiger partial charge in [0.25, 0.3) is 0 Å². The van der Waals surface area contributed by atoms with E-state index >= 15 is 0 Å². The molecule has 2 aromatic carbocycles. The first-order chi connectivity index (χ1) is 9.19. The van der Waals surface area contributed by atoms with E-state index in [4.69, 9.17) is 23.2 Å². The summed E-state index contributed by atoms with van der Waals surface area (Å²) < 4.78 is 0. The maximum Gasteiger partial charge on any atom is 0.0595 e. The number of benzene rings is 2. The Morgan fingerprint density at radius 1 is 0.789 bits per heavy atom. The van der Waals surface area contributed by atoms with Crippen molar-refractivity contribution < 1.29 is 0 Å². The summed E-state index contributed by atoms with van der Waals surface area (Å²) in [5.41, 5.74) is 3.80. The van der Waals surface area contributed by atoms with Crippen LogP contribution in [0.25, 0.3) is 0 Å². The standard InChI is InChI=1S/C16H17Cl2N/c1-2-12-3-5-13(6-4-12)10-19-11-14-7-8-15(17)16(18)9-14/h3-9,19H,2,10-11H2,1H3. The second-order valence-electron chi connectivity index (χ2n) is 4.52. The summed E-state index contributed by atoms with van der Waals surface area (Å²) in [5.74, 6) is 0. The van der Waals surface area contributed by atoms with Crippen molar-refractivity contribution in [1.29, 1.82) is 0 Å². The normalized spacial score (nSPS) is 10.7. The highest BCUT2D eigenvalue weighted by Gasteiger charge is 1.99. The van der Waals surface area contributed by atoms with Gasteiger partial charge in [0.1, 0.15) is 0 Å². The third-order valence-corrected chi connectivity index (χ3v) is 3.81. The molecular formula is C16H17Cl2N. The van der Waals surface area contributed by atoms with Crippen molar-refractivity contribution in [3.63, 3.8) is 0 Å². The van der Waals surface area contributed by atoms with Crippen molar-refractivity contribution in [2.75, 3.05) is 0 Å². The van der Waals surface area contributed by atoms with E-state index in [1.165, 1.54) is 11.1 Å². The predicted molar refractivity (Wildman–Crippen MR) is 82.8 cm³/mol. The van der Waals surface area contributed by atoms with Gasteiger partial charge in [0, 0.05) is 13.1 Å². The lowest BCUT2D eigenvalue weighted by Gasteiger charge is -2.07. The second kappa shape index (κ2) is 6.95. The SMILES string of the molecule is CCc1ccc(CNCc2ccc(Cl)c(Cl)c2)cc1. The third kappa shape index (κ3) is 4.24. The molecule has 2 rings (SSSR count). The molecule has 1 nitrogen and oxygen atoms in total. The quantitative estimate of drug-likeness (QED) is 0.831. The minimum atomic E-state index is 0.598. The van der Waals surface area contributed by atoms with Crippen molar-refractivity contribution in [3.8, 4) is 0 Å². The lowest BCUT2D eigenvalue weighted by molar-refractivity contribution is 0.693. The zero-order valence-corrected chi connectivity index (χ0v) is 12.4. The van der Waals surface area contributed by atoms with Gasteiger partial charge in [-0.1, -0.05) is 60.5 Å². The predicted octanol–water partition coefficient (Wildman–Crippen LogP) is 4.85. The van der Waals surface area contributed by atoms with E-state index in [2.05, 4.69) is 36.5 Å². The van der Waals surface area contributed by atoms with Gasteiger partial charge in [-0.05, 0) is 35.2 Å². The maximum atomic E-state index is 5.98. The minimum Gasteiger partial charge on any atom is -0.309 e. The summed E-state index contributed by atoms with van der Waals surface area (Å²) in [4.78, 5) is 0. The zero-order chi connectivity index (χ0) is 13.7. The second-order valence-corrected chi connectivity index (χ2v) is 5.34. The molecule has 0 amide bonds. The van der Waals surface area contributed by atoms with Crippen LogP contribution in [0.15, 0.2) is 42.5 Å². The van der Waals surface area contributed by atoms with E-state index in [0.717, 1.165) is 25.1 Å². The van der Waals surface area contributed by atoms with Crippen LogP contribution in [0.2, 0.25) is 10.0 Å². The molecule has 0 bridgehead atoms. The first kappa shape index (κ1) is 14.4. The molecule has 0 saturated carbocycles. The molecule has 0 aromatic heterocycles. The van der Waals surface area contributed by atoms with E-state index in [-0.39, 0.29) is 0 Å². The Bertz CT molecular complexity index is 535. The van der Waals surface area contributed by atoms with Crippen LogP contribution >= 0.6 is 23.2 Å². The highest BCUT2D eigenvalue weighted by molar-refractivity contribution is 6.42. The number of hydrogen-bond acceptors (Lipinski definition) is 1. The van der Waals surface area contributed by atoms with Crippen LogP contribution in [-0.2, 0) is 19.5 Å². The number of aryl methyl sites for hydroxylation is 1. The van der Waals surface area contributed by atoms with E-state index in [1.807, 2.05) is 18.2 Å². The van der Waals surface area contributed by atoms with Gasteiger partial charge in [0.15, 0.2) is 0 Å². The zero-order valence-electron chi connectivity index (χ0n) is 10.9. The Hall–Kier alpha value is -1.02. The van der Waals surface area contributed by atoms with Gasteiger partial charge >= 0.3 is 0 Å². The fourth-order valence-corrected chi connectivity index (χ4v) is 2.21. The molecule has 2 aromatic rings. The summed E-state index contributed by atoms with van der Waals surface area (Å²) in [5, 5.41) is 4.60. The van der Waals surface area contributed by atoms with Crippen molar-refractivity contribution >= 4 is 23.2 Å². The first-order valence-electron chi connectivity index (χ1n) is 6.41. The van der Waals surface area contributed by atoms with Crippen LogP contribution in [0.4, 0.5) is 0 Å². The Labute approximate surface area is 124 Å². The average molecular weight is 294 g/mol. The molecule has 19 heavy (non-hydrogen) atoms. The molecule has 0 unspecified atom stereocenters. The number of hydrogen-bond donors (Lipinski definition) is 1. The van der Waals surface area contributed by atoms with Gasteiger partial charge in [0.2, 0.25) is 0 Å². The van der Waals surface area contributed by atoms with Gasteiger partial charge in [0.05, 0.1) is 10.0 Å². The largest absolute Gasteiger partial charge is 0.309 e. The van der Waals surface area contributed by atoms with Gasteiger partial charge in [-0.3, -0.25) is 0 Å². The van der Waals surface area contributed by atoms with Crippen molar-refractivity contribution in [3.05, 3.63) is 69.2 Å². The van der Waals surface area contributed by atoms with Crippen molar-refractivity contribution in [1.82, 2.24) is 5.32 Å². The monoisotopic (exact) mass is 293 g/mol. The molecule has 0 heterocycles. The van der Waals surface area contributed by atoms with E-state index in [0.29, 0.717) is 10.0 Å². The van der Waals surface area contributed by atoms with Crippen LogP contribution in [0, 0.1) is 0 Å². The molecule has 100 valence electrons. The van der Waals surface area contributed by atoms with Crippen LogP contribution in [0.5, 0.6) is 0 Å². The van der Waals surface area contributed by atoms with E-state index in [1.54, 1.807) is 0 Å². The van der Waals surface area contributed by atoms with Gasteiger partial charge in [-0.25, -0.2) is 0 Å². The van der Waals surface area contributed by atoms with Crippen LogP contribution < -0.4 is 5.32 Å². The van der Waals surface area contributed by atoms with Crippen molar-refractivity contribution in [2.24, 2.45) is 0 Å². The van der Waals surface area contributed by atoms with Crippen LogP contribution in [-0.4, -0.2) is 0 Å². The molecule has 0 atom stereocenters. The minimum absolute atomic E-state index is 0.598. The molecule has 0 aliphatic heterocycles. The molecule has 0 aliphatic rings.